The second-order valence-electron chi connectivity index (χ2n) is 4.96. The molecule has 0 amide bonds. The quantitative estimate of drug-likeness (QED) is 0.877. The maximum atomic E-state index is 4.41. The second-order valence-corrected chi connectivity index (χ2v) is 4.96. The predicted molar refractivity (Wildman–Crippen MR) is 80.0 cm³/mol. The van der Waals surface area contributed by atoms with Gasteiger partial charge in [0.2, 0.25) is 0 Å². The standard InChI is InChI=1S/C17H22N2/c1-4-15-7-9-16(10-8-15)14(3)19-12-17-13(2)6-5-11-18-17/h5-11,14,19H,4,12H2,1-3H3. The van der Waals surface area contributed by atoms with Gasteiger partial charge < -0.3 is 5.32 Å². The van der Waals surface area contributed by atoms with Gasteiger partial charge in [-0.25, -0.2) is 0 Å². The fourth-order valence-corrected chi connectivity index (χ4v) is 2.11. The number of hydrogen-bond acceptors (Lipinski definition) is 2. The molecule has 0 saturated carbocycles. The Morgan fingerprint density at radius 2 is 1.89 bits per heavy atom. The third-order valence-electron chi connectivity index (χ3n) is 3.58. The average molecular weight is 254 g/mol. The lowest BCUT2D eigenvalue weighted by Gasteiger charge is -2.15. The predicted octanol–water partition coefficient (Wildman–Crippen LogP) is 3.80. The van der Waals surface area contributed by atoms with Crippen LogP contribution in [0.5, 0.6) is 0 Å². The molecule has 0 bridgehead atoms. The highest BCUT2D eigenvalue weighted by atomic mass is 14.9. The van der Waals surface area contributed by atoms with Gasteiger partial charge in [0.05, 0.1) is 5.69 Å². The van der Waals surface area contributed by atoms with E-state index in [2.05, 4.69) is 61.4 Å². The minimum atomic E-state index is 0.340. The molecule has 0 aliphatic carbocycles. The van der Waals surface area contributed by atoms with Crippen molar-refractivity contribution in [1.82, 2.24) is 10.3 Å². The van der Waals surface area contributed by atoms with Crippen LogP contribution in [0.3, 0.4) is 0 Å². The van der Waals surface area contributed by atoms with Crippen LogP contribution in [0.1, 0.15) is 42.3 Å². The first-order valence-electron chi connectivity index (χ1n) is 6.93. The fourth-order valence-electron chi connectivity index (χ4n) is 2.11. The van der Waals surface area contributed by atoms with Crippen LogP contribution < -0.4 is 5.32 Å². The third-order valence-corrected chi connectivity index (χ3v) is 3.58. The molecule has 1 atom stereocenters. The van der Waals surface area contributed by atoms with Gasteiger partial charge in [-0.2, -0.15) is 0 Å². The van der Waals surface area contributed by atoms with E-state index in [0.717, 1.165) is 18.7 Å². The highest BCUT2D eigenvalue weighted by Crippen LogP contribution is 2.14. The fraction of sp³-hybridized carbons (Fsp3) is 0.353. The normalized spacial score (nSPS) is 12.4. The van der Waals surface area contributed by atoms with E-state index in [4.69, 9.17) is 0 Å². The molecule has 1 unspecified atom stereocenters. The molecule has 1 aromatic carbocycles. The topological polar surface area (TPSA) is 24.9 Å². The van der Waals surface area contributed by atoms with Crippen LogP contribution in [0.25, 0.3) is 0 Å². The molecule has 2 rings (SSSR count). The summed E-state index contributed by atoms with van der Waals surface area (Å²) in [6, 6.07) is 13.3. The molecule has 1 heterocycles. The van der Waals surface area contributed by atoms with Crippen LogP contribution in [0.15, 0.2) is 42.6 Å². The second kappa shape index (κ2) is 6.48. The van der Waals surface area contributed by atoms with Crippen LogP contribution in [0.4, 0.5) is 0 Å². The molecule has 2 heteroatoms. The van der Waals surface area contributed by atoms with E-state index in [1.54, 1.807) is 0 Å². The number of pyridine rings is 1. The van der Waals surface area contributed by atoms with Crippen molar-refractivity contribution in [1.29, 1.82) is 0 Å². The maximum Gasteiger partial charge on any atom is 0.0570 e. The Kier molecular flexibility index (Phi) is 4.69. The lowest BCUT2D eigenvalue weighted by molar-refractivity contribution is 0.566. The molecule has 100 valence electrons. The molecule has 0 radical (unpaired) electrons. The summed E-state index contributed by atoms with van der Waals surface area (Å²) >= 11 is 0. The molecule has 0 spiro atoms. The van der Waals surface area contributed by atoms with Crippen LogP contribution in [-0.4, -0.2) is 4.98 Å². The van der Waals surface area contributed by atoms with Crippen molar-refractivity contribution in [2.45, 2.75) is 39.8 Å². The van der Waals surface area contributed by atoms with Gasteiger partial charge in [0.25, 0.3) is 0 Å². The van der Waals surface area contributed by atoms with Crippen molar-refractivity contribution in [3.63, 3.8) is 0 Å². The van der Waals surface area contributed by atoms with Crippen molar-refractivity contribution in [2.75, 3.05) is 0 Å². The highest BCUT2D eigenvalue weighted by molar-refractivity contribution is 5.25. The van der Waals surface area contributed by atoms with E-state index in [1.807, 2.05) is 12.3 Å². The molecule has 0 fully saturated rings. The van der Waals surface area contributed by atoms with E-state index in [9.17, 15) is 0 Å². The van der Waals surface area contributed by atoms with Crippen molar-refractivity contribution < 1.29 is 0 Å². The number of aryl methyl sites for hydroxylation is 2. The molecule has 2 nitrogen and oxygen atoms in total. The lowest BCUT2D eigenvalue weighted by atomic mass is 10.0. The zero-order chi connectivity index (χ0) is 13.7. The molecule has 0 saturated heterocycles. The minimum absolute atomic E-state index is 0.340. The van der Waals surface area contributed by atoms with Gasteiger partial charge in [-0.15, -0.1) is 0 Å². The average Bonchev–Trinajstić information content (AvgIpc) is 2.46. The molecular formula is C17H22N2. The molecule has 0 aliphatic heterocycles. The van der Waals surface area contributed by atoms with Crippen LogP contribution in [0.2, 0.25) is 0 Å². The largest absolute Gasteiger partial charge is 0.305 e. The summed E-state index contributed by atoms with van der Waals surface area (Å²) in [5.74, 6) is 0. The summed E-state index contributed by atoms with van der Waals surface area (Å²) in [6.45, 7) is 7.29. The van der Waals surface area contributed by atoms with E-state index < -0.39 is 0 Å². The van der Waals surface area contributed by atoms with Gasteiger partial charge in [0.1, 0.15) is 0 Å². The number of nitrogens with one attached hydrogen (secondary N) is 1. The first-order valence-corrected chi connectivity index (χ1v) is 6.93. The summed E-state index contributed by atoms with van der Waals surface area (Å²) in [7, 11) is 0. The number of aromatic nitrogens is 1. The van der Waals surface area contributed by atoms with Crippen LogP contribution in [-0.2, 0) is 13.0 Å². The van der Waals surface area contributed by atoms with Gasteiger partial charge in [0, 0.05) is 18.8 Å². The van der Waals surface area contributed by atoms with E-state index in [-0.39, 0.29) is 0 Å². The first-order chi connectivity index (χ1) is 9.20. The number of rotatable bonds is 5. The smallest absolute Gasteiger partial charge is 0.0570 e. The molecular weight excluding hydrogens is 232 g/mol. The van der Waals surface area contributed by atoms with E-state index in [0.29, 0.717) is 6.04 Å². The summed E-state index contributed by atoms with van der Waals surface area (Å²) in [5, 5.41) is 3.53. The first kappa shape index (κ1) is 13.8. The van der Waals surface area contributed by atoms with Crippen LogP contribution >= 0.6 is 0 Å². The van der Waals surface area contributed by atoms with Gasteiger partial charge in [-0.3, -0.25) is 4.98 Å². The molecule has 1 aromatic heterocycles. The van der Waals surface area contributed by atoms with Crippen molar-refractivity contribution in [3.05, 3.63) is 65.0 Å². The molecule has 2 aromatic rings. The summed E-state index contributed by atoms with van der Waals surface area (Å²) in [5.41, 5.74) is 5.07. The number of nitrogens with zero attached hydrogens (tertiary/aromatic N) is 1. The monoisotopic (exact) mass is 254 g/mol. The Balaban J connectivity index is 1.97. The zero-order valence-electron chi connectivity index (χ0n) is 12.0. The molecule has 1 N–H and O–H groups in total. The summed E-state index contributed by atoms with van der Waals surface area (Å²) < 4.78 is 0. The van der Waals surface area contributed by atoms with Gasteiger partial charge >= 0.3 is 0 Å². The van der Waals surface area contributed by atoms with Crippen molar-refractivity contribution in [2.24, 2.45) is 0 Å². The van der Waals surface area contributed by atoms with Crippen molar-refractivity contribution in [3.8, 4) is 0 Å². The number of benzene rings is 1. The van der Waals surface area contributed by atoms with Gasteiger partial charge in [-0.1, -0.05) is 37.3 Å². The van der Waals surface area contributed by atoms with Gasteiger partial charge in [-0.05, 0) is 43.0 Å². The number of hydrogen-bond donors (Lipinski definition) is 1. The van der Waals surface area contributed by atoms with E-state index in [1.165, 1.54) is 16.7 Å². The molecule has 19 heavy (non-hydrogen) atoms. The van der Waals surface area contributed by atoms with Crippen LogP contribution in [0, 0.1) is 6.92 Å². The Morgan fingerprint density at radius 3 is 2.53 bits per heavy atom. The van der Waals surface area contributed by atoms with E-state index >= 15 is 0 Å². The summed E-state index contributed by atoms with van der Waals surface area (Å²) in [6.07, 6.45) is 2.94. The summed E-state index contributed by atoms with van der Waals surface area (Å²) in [4.78, 5) is 4.41. The maximum absolute atomic E-state index is 4.41. The Labute approximate surface area is 115 Å². The molecule has 0 aliphatic rings. The lowest BCUT2D eigenvalue weighted by Crippen LogP contribution is -2.19. The minimum Gasteiger partial charge on any atom is -0.305 e. The Hall–Kier alpha value is -1.67. The Bertz CT molecular complexity index is 517. The zero-order valence-corrected chi connectivity index (χ0v) is 12.0. The third kappa shape index (κ3) is 3.65. The SMILES string of the molecule is CCc1ccc(C(C)NCc2ncccc2C)cc1. The Morgan fingerprint density at radius 1 is 1.16 bits per heavy atom. The highest BCUT2D eigenvalue weighted by Gasteiger charge is 2.06. The van der Waals surface area contributed by atoms with Gasteiger partial charge in [0.15, 0.2) is 0 Å². The van der Waals surface area contributed by atoms with Crippen molar-refractivity contribution >= 4 is 0 Å².